The van der Waals surface area contributed by atoms with Crippen LogP contribution < -0.4 is 15.6 Å². The molecule has 0 aliphatic carbocycles. The molecule has 0 atom stereocenters. The number of ether oxygens (including phenoxy) is 1. The Kier molecular flexibility index (Phi) is 6.48. The van der Waals surface area contributed by atoms with E-state index in [-0.39, 0.29) is 31.2 Å². The van der Waals surface area contributed by atoms with Crippen molar-refractivity contribution in [2.75, 3.05) is 13.2 Å². The molecule has 10 nitrogen and oxygen atoms in total. The van der Waals surface area contributed by atoms with Gasteiger partial charge in [0.05, 0.1) is 12.2 Å². The molecule has 0 spiro atoms. The molecule has 3 heterocycles. The second kappa shape index (κ2) is 10.5. The molecule has 0 saturated heterocycles. The van der Waals surface area contributed by atoms with Crippen molar-refractivity contribution in [3.63, 3.8) is 0 Å². The standard InChI is InChI=1S/C29H23N7O3/c37-26(19-35-28(38)16-13-24(33-35)23-12-6-10-20-7-4-5-11-22(20)23)30-17-18-39-27-15-14-25-31-32-29(36(25)34-27)21-8-2-1-3-9-21/h1-16H,17-19H2,(H,30,37). The summed E-state index contributed by atoms with van der Waals surface area (Å²) in [6.45, 7) is 0.207. The summed E-state index contributed by atoms with van der Waals surface area (Å²) in [5, 5.41) is 22.1. The Balaban J connectivity index is 1.09. The van der Waals surface area contributed by atoms with Crippen LogP contribution in [-0.4, -0.2) is 48.7 Å². The monoisotopic (exact) mass is 517 g/mol. The maximum Gasteiger partial charge on any atom is 0.267 e. The van der Waals surface area contributed by atoms with Gasteiger partial charge in [-0.1, -0.05) is 72.8 Å². The zero-order chi connectivity index (χ0) is 26.6. The Bertz CT molecular complexity index is 1840. The molecule has 1 N–H and O–H groups in total. The van der Waals surface area contributed by atoms with Crippen molar-refractivity contribution in [3.05, 3.63) is 107 Å². The number of amides is 1. The van der Waals surface area contributed by atoms with E-state index in [0.29, 0.717) is 23.0 Å². The Morgan fingerprint density at radius 1 is 0.821 bits per heavy atom. The summed E-state index contributed by atoms with van der Waals surface area (Å²) >= 11 is 0. The van der Waals surface area contributed by atoms with Crippen molar-refractivity contribution in [2.45, 2.75) is 6.54 Å². The molecule has 0 bridgehead atoms. The van der Waals surface area contributed by atoms with Crippen LogP contribution in [-0.2, 0) is 11.3 Å². The minimum atomic E-state index is -0.356. The number of rotatable bonds is 8. The normalized spacial score (nSPS) is 11.1. The lowest BCUT2D eigenvalue weighted by Crippen LogP contribution is -2.35. The van der Waals surface area contributed by atoms with Crippen molar-refractivity contribution in [2.24, 2.45) is 0 Å². The van der Waals surface area contributed by atoms with E-state index in [9.17, 15) is 9.59 Å². The van der Waals surface area contributed by atoms with Gasteiger partial charge in [-0.05, 0) is 22.9 Å². The third-order valence-electron chi connectivity index (χ3n) is 6.17. The number of carbonyl (C=O) groups is 1. The van der Waals surface area contributed by atoms with Crippen LogP contribution in [0.25, 0.3) is 39.1 Å². The molecular formula is C29H23N7O3. The van der Waals surface area contributed by atoms with E-state index in [4.69, 9.17) is 4.74 Å². The van der Waals surface area contributed by atoms with Gasteiger partial charge in [-0.3, -0.25) is 9.59 Å². The largest absolute Gasteiger partial charge is 0.475 e. The maximum absolute atomic E-state index is 12.6. The lowest BCUT2D eigenvalue weighted by Gasteiger charge is -2.10. The summed E-state index contributed by atoms with van der Waals surface area (Å²) in [5.41, 5.74) is 2.64. The van der Waals surface area contributed by atoms with Crippen LogP contribution in [0.5, 0.6) is 5.88 Å². The van der Waals surface area contributed by atoms with Gasteiger partial charge in [0.1, 0.15) is 13.2 Å². The van der Waals surface area contributed by atoms with E-state index in [0.717, 1.165) is 21.9 Å². The predicted octanol–water partition coefficient (Wildman–Crippen LogP) is 3.36. The minimum Gasteiger partial charge on any atom is -0.475 e. The van der Waals surface area contributed by atoms with Gasteiger partial charge in [0.25, 0.3) is 5.56 Å². The van der Waals surface area contributed by atoms with Crippen LogP contribution in [0.4, 0.5) is 0 Å². The highest BCUT2D eigenvalue weighted by molar-refractivity contribution is 5.95. The zero-order valence-corrected chi connectivity index (χ0v) is 20.8. The molecule has 0 aliphatic rings. The third kappa shape index (κ3) is 5.08. The highest BCUT2D eigenvalue weighted by Gasteiger charge is 2.12. The van der Waals surface area contributed by atoms with Crippen LogP contribution in [0.3, 0.4) is 0 Å². The Hall–Kier alpha value is -5.38. The van der Waals surface area contributed by atoms with Crippen molar-refractivity contribution in [1.29, 1.82) is 0 Å². The molecule has 192 valence electrons. The third-order valence-corrected chi connectivity index (χ3v) is 6.17. The van der Waals surface area contributed by atoms with E-state index >= 15 is 0 Å². The van der Waals surface area contributed by atoms with E-state index in [1.54, 1.807) is 22.7 Å². The van der Waals surface area contributed by atoms with Crippen LogP contribution >= 0.6 is 0 Å². The van der Waals surface area contributed by atoms with Gasteiger partial charge in [0.15, 0.2) is 11.5 Å². The highest BCUT2D eigenvalue weighted by Crippen LogP contribution is 2.26. The lowest BCUT2D eigenvalue weighted by atomic mass is 10.0. The Morgan fingerprint density at radius 3 is 2.54 bits per heavy atom. The molecule has 0 unspecified atom stereocenters. The molecule has 0 saturated carbocycles. The lowest BCUT2D eigenvalue weighted by molar-refractivity contribution is -0.122. The summed E-state index contributed by atoms with van der Waals surface area (Å²) < 4.78 is 8.51. The second-order valence-electron chi connectivity index (χ2n) is 8.77. The molecule has 1 amide bonds. The summed E-state index contributed by atoms with van der Waals surface area (Å²) in [7, 11) is 0. The van der Waals surface area contributed by atoms with Gasteiger partial charge in [-0.2, -0.15) is 9.61 Å². The first-order valence-electron chi connectivity index (χ1n) is 12.4. The number of fused-ring (bicyclic) bond motifs is 2. The Morgan fingerprint density at radius 2 is 1.64 bits per heavy atom. The number of benzene rings is 3. The van der Waals surface area contributed by atoms with Crippen molar-refractivity contribution in [1.82, 2.24) is 34.9 Å². The maximum atomic E-state index is 12.6. The molecular weight excluding hydrogens is 494 g/mol. The van der Waals surface area contributed by atoms with Gasteiger partial charge >= 0.3 is 0 Å². The number of nitrogens with zero attached hydrogens (tertiary/aromatic N) is 6. The van der Waals surface area contributed by atoms with E-state index < -0.39 is 0 Å². The number of hydrogen-bond donors (Lipinski definition) is 1. The molecule has 6 rings (SSSR count). The summed E-state index contributed by atoms with van der Waals surface area (Å²) in [6, 6.07) is 30.1. The average molecular weight is 518 g/mol. The summed E-state index contributed by atoms with van der Waals surface area (Å²) in [6.07, 6.45) is 0. The molecule has 0 aliphatic heterocycles. The number of nitrogens with one attached hydrogen (secondary N) is 1. The van der Waals surface area contributed by atoms with Crippen molar-refractivity contribution >= 4 is 22.3 Å². The minimum absolute atomic E-state index is 0.186. The summed E-state index contributed by atoms with van der Waals surface area (Å²) in [4.78, 5) is 25.0. The fourth-order valence-electron chi connectivity index (χ4n) is 4.31. The zero-order valence-electron chi connectivity index (χ0n) is 20.8. The average Bonchev–Trinajstić information content (AvgIpc) is 3.40. The van der Waals surface area contributed by atoms with Gasteiger partial charge in [0, 0.05) is 23.3 Å². The molecule has 39 heavy (non-hydrogen) atoms. The first kappa shape index (κ1) is 24.0. The molecule has 10 heteroatoms. The molecule has 6 aromatic rings. The molecule has 3 aromatic carbocycles. The van der Waals surface area contributed by atoms with Gasteiger partial charge in [0.2, 0.25) is 11.8 Å². The SMILES string of the molecule is O=C(Cn1nc(-c2cccc3ccccc23)ccc1=O)NCCOc1ccc2nnc(-c3ccccc3)n2n1. The molecule has 0 radical (unpaired) electrons. The predicted molar refractivity (Wildman–Crippen MR) is 146 cm³/mol. The number of carbonyl (C=O) groups excluding carboxylic acids is 1. The smallest absolute Gasteiger partial charge is 0.267 e. The number of hydrogen-bond acceptors (Lipinski definition) is 7. The van der Waals surface area contributed by atoms with Crippen LogP contribution in [0.1, 0.15) is 0 Å². The van der Waals surface area contributed by atoms with Gasteiger partial charge < -0.3 is 10.1 Å². The topological polar surface area (TPSA) is 116 Å². The van der Waals surface area contributed by atoms with E-state index in [1.165, 1.54) is 10.7 Å². The summed E-state index contributed by atoms with van der Waals surface area (Å²) in [5.74, 6) is 0.624. The number of aromatic nitrogens is 6. The first-order valence-corrected chi connectivity index (χ1v) is 12.4. The second-order valence-corrected chi connectivity index (χ2v) is 8.77. The van der Waals surface area contributed by atoms with Crippen LogP contribution in [0.2, 0.25) is 0 Å². The fourth-order valence-corrected chi connectivity index (χ4v) is 4.31. The Labute approximate surface area is 222 Å². The van der Waals surface area contributed by atoms with Crippen molar-refractivity contribution in [3.8, 4) is 28.5 Å². The van der Waals surface area contributed by atoms with Crippen LogP contribution in [0, 0.1) is 0 Å². The quantitative estimate of drug-likeness (QED) is 0.308. The van der Waals surface area contributed by atoms with E-state index in [2.05, 4.69) is 25.7 Å². The van der Waals surface area contributed by atoms with Gasteiger partial charge in [-0.15, -0.1) is 15.3 Å². The molecule has 3 aromatic heterocycles. The fraction of sp³-hybridized carbons (Fsp3) is 0.103. The van der Waals surface area contributed by atoms with Crippen LogP contribution in [0.15, 0.2) is 102 Å². The first-order chi connectivity index (χ1) is 19.2. The van der Waals surface area contributed by atoms with E-state index in [1.807, 2.05) is 72.8 Å². The molecule has 0 fully saturated rings. The highest BCUT2D eigenvalue weighted by atomic mass is 16.5. The van der Waals surface area contributed by atoms with Gasteiger partial charge in [-0.25, -0.2) is 4.68 Å². The van der Waals surface area contributed by atoms with Crippen molar-refractivity contribution < 1.29 is 9.53 Å².